The first kappa shape index (κ1) is 47.2. The average Bonchev–Trinajstić information content (AvgIpc) is 3.59. The zero-order chi connectivity index (χ0) is 51.8. The Labute approximate surface area is 446 Å². The first-order valence-corrected chi connectivity index (χ1v) is 27.4. The minimum atomic E-state index is -0.0627. The molecule has 0 fully saturated rings. The lowest BCUT2D eigenvalue weighted by molar-refractivity contribution is 0.332. The zero-order valence-corrected chi connectivity index (χ0v) is 45.5. The lowest BCUT2D eigenvalue weighted by atomic mass is 9.33. The minimum absolute atomic E-state index is 0.000438. The third-order valence-electron chi connectivity index (χ3n) is 17.9. The van der Waals surface area contributed by atoms with Gasteiger partial charge in [0.1, 0.15) is 0 Å². The standard InChI is InChI=1S/C71H68BN3/c1-46-37-50(48-23-15-11-16-24-48)31-33-61(46)74-62-34-32-51(49-25-17-12-18-26-49)39-59(62)72-60-42-56-57(69(5,6)36-35-68(56,3)4)44-64(60)75(63-43-58-55(38-47(63)2)70(7,8)45-71(58,9)10)66-41-54(40-65(74)67(66)72)73(52-27-19-13-20-28-52)53-29-21-14-22-30-53/h11-34,37-44H,35-36,45H2,1-10H3. The maximum absolute atomic E-state index is 2.73. The highest BCUT2D eigenvalue weighted by molar-refractivity contribution is 7.00. The predicted octanol–water partition coefficient (Wildman–Crippen LogP) is 17.5. The van der Waals surface area contributed by atoms with Gasteiger partial charge in [0.15, 0.2) is 0 Å². The maximum Gasteiger partial charge on any atom is 0.252 e. The van der Waals surface area contributed by atoms with Gasteiger partial charge in [-0.1, -0.05) is 183 Å². The van der Waals surface area contributed by atoms with Crippen LogP contribution in [0.15, 0.2) is 194 Å². The Balaban J connectivity index is 1.19. The third-order valence-corrected chi connectivity index (χ3v) is 17.9. The normalized spacial score (nSPS) is 16.9. The summed E-state index contributed by atoms with van der Waals surface area (Å²) in [6, 6.07) is 73.7. The Kier molecular flexibility index (Phi) is 10.7. The van der Waals surface area contributed by atoms with E-state index in [1.807, 2.05) is 0 Å². The number of fused-ring (bicyclic) bond motifs is 6. The number of anilines is 9. The Morgan fingerprint density at radius 2 is 0.773 bits per heavy atom. The van der Waals surface area contributed by atoms with Gasteiger partial charge >= 0.3 is 0 Å². The van der Waals surface area contributed by atoms with E-state index in [1.54, 1.807) is 0 Å². The molecular weight excluding hydrogens is 906 g/mol. The summed E-state index contributed by atoms with van der Waals surface area (Å²) >= 11 is 0. The van der Waals surface area contributed by atoms with Crippen LogP contribution in [0.4, 0.5) is 51.2 Å². The molecule has 9 aromatic rings. The summed E-state index contributed by atoms with van der Waals surface area (Å²) in [5.41, 5.74) is 28.2. The molecule has 75 heavy (non-hydrogen) atoms. The van der Waals surface area contributed by atoms with E-state index in [0.717, 1.165) is 36.3 Å². The monoisotopic (exact) mass is 974 g/mol. The molecule has 2 aliphatic heterocycles. The van der Waals surface area contributed by atoms with Crippen molar-refractivity contribution < 1.29 is 0 Å². The van der Waals surface area contributed by atoms with Crippen LogP contribution in [0.3, 0.4) is 0 Å². The van der Waals surface area contributed by atoms with Crippen molar-refractivity contribution in [2.75, 3.05) is 14.7 Å². The second-order valence-electron chi connectivity index (χ2n) is 24.9. The molecule has 0 spiro atoms. The Morgan fingerprint density at radius 3 is 1.32 bits per heavy atom. The molecule has 13 rings (SSSR count). The molecule has 2 heterocycles. The largest absolute Gasteiger partial charge is 0.311 e. The van der Waals surface area contributed by atoms with E-state index in [-0.39, 0.29) is 28.4 Å². The quantitative estimate of drug-likeness (QED) is 0.147. The van der Waals surface area contributed by atoms with Crippen molar-refractivity contribution in [1.29, 1.82) is 0 Å². The fourth-order valence-corrected chi connectivity index (χ4v) is 14.2. The van der Waals surface area contributed by atoms with E-state index in [0.29, 0.717) is 0 Å². The highest BCUT2D eigenvalue weighted by atomic mass is 15.2. The first-order chi connectivity index (χ1) is 36.0. The van der Waals surface area contributed by atoms with Crippen LogP contribution in [-0.4, -0.2) is 6.71 Å². The van der Waals surface area contributed by atoms with E-state index in [4.69, 9.17) is 0 Å². The molecule has 0 N–H and O–H groups in total. The van der Waals surface area contributed by atoms with E-state index in [1.165, 1.54) is 106 Å². The van der Waals surface area contributed by atoms with Crippen LogP contribution in [0, 0.1) is 13.8 Å². The van der Waals surface area contributed by atoms with Crippen LogP contribution < -0.4 is 31.1 Å². The molecule has 0 amide bonds. The Morgan fingerprint density at radius 1 is 0.347 bits per heavy atom. The molecule has 0 atom stereocenters. The van der Waals surface area contributed by atoms with Crippen LogP contribution in [-0.2, 0) is 21.7 Å². The van der Waals surface area contributed by atoms with Gasteiger partial charge in [0, 0.05) is 45.5 Å². The lowest BCUT2D eigenvalue weighted by Crippen LogP contribution is -2.62. The van der Waals surface area contributed by atoms with Crippen LogP contribution in [0.1, 0.15) is 108 Å². The van der Waals surface area contributed by atoms with Crippen LogP contribution in [0.2, 0.25) is 0 Å². The number of benzene rings is 9. The topological polar surface area (TPSA) is 9.72 Å². The van der Waals surface area contributed by atoms with E-state index >= 15 is 0 Å². The second kappa shape index (κ2) is 17.0. The van der Waals surface area contributed by atoms with Gasteiger partial charge in [-0.15, -0.1) is 0 Å². The minimum Gasteiger partial charge on any atom is -0.311 e. The number of aryl methyl sites for hydroxylation is 2. The van der Waals surface area contributed by atoms with Gasteiger partial charge in [0.05, 0.1) is 5.69 Å². The average molecular weight is 974 g/mol. The molecule has 4 heteroatoms. The number of hydrogen-bond acceptors (Lipinski definition) is 3. The summed E-state index contributed by atoms with van der Waals surface area (Å²) in [7, 11) is 0. The molecule has 0 saturated heterocycles. The van der Waals surface area contributed by atoms with E-state index in [2.05, 4.69) is 278 Å². The van der Waals surface area contributed by atoms with Crippen LogP contribution in [0.25, 0.3) is 22.3 Å². The molecule has 0 aromatic heterocycles. The first-order valence-electron chi connectivity index (χ1n) is 27.4. The van der Waals surface area contributed by atoms with Crippen LogP contribution >= 0.6 is 0 Å². The van der Waals surface area contributed by atoms with E-state index in [9.17, 15) is 0 Å². The Hall–Kier alpha value is -7.56. The molecule has 0 saturated carbocycles. The SMILES string of the molecule is Cc1cc(-c2ccccc2)ccc1N1c2ccc(-c3ccccc3)cc2B2c3cc4c(cc3N(c3cc5c(cc3C)C(C)(C)CC5(C)C)c3cc(N(c5ccccc5)c5ccccc5)cc1c32)C(C)(C)CCC4(C)C. The van der Waals surface area contributed by atoms with Gasteiger partial charge in [-0.2, -0.15) is 0 Å². The molecule has 9 aromatic carbocycles. The summed E-state index contributed by atoms with van der Waals surface area (Å²) in [6.07, 6.45) is 3.40. The van der Waals surface area contributed by atoms with Gasteiger partial charge in [-0.3, -0.25) is 0 Å². The molecule has 0 unspecified atom stereocenters. The highest BCUT2D eigenvalue weighted by Crippen LogP contribution is 2.56. The van der Waals surface area contributed by atoms with Crippen molar-refractivity contribution in [3.63, 3.8) is 0 Å². The lowest BCUT2D eigenvalue weighted by Gasteiger charge is -2.48. The van der Waals surface area contributed by atoms with Gasteiger partial charge in [0.2, 0.25) is 0 Å². The smallest absolute Gasteiger partial charge is 0.252 e. The molecule has 0 bridgehead atoms. The number of nitrogens with zero attached hydrogens (tertiary/aromatic N) is 3. The summed E-state index contributed by atoms with van der Waals surface area (Å²) in [5.74, 6) is 0. The van der Waals surface area contributed by atoms with Crippen molar-refractivity contribution in [2.24, 2.45) is 0 Å². The number of para-hydroxylation sites is 2. The molecule has 370 valence electrons. The van der Waals surface area contributed by atoms with Gasteiger partial charge in [0.25, 0.3) is 6.71 Å². The zero-order valence-electron chi connectivity index (χ0n) is 45.5. The second-order valence-corrected chi connectivity index (χ2v) is 24.9. The fraction of sp³-hybridized carbons (Fsp3) is 0.239. The van der Waals surface area contributed by atoms with Gasteiger partial charge in [-0.05, 0) is 194 Å². The summed E-state index contributed by atoms with van der Waals surface area (Å²) < 4.78 is 0. The fourth-order valence-electron chi connectivity index (χ4n) is 14.2. The highest BCUT2D eigenvalue weighted by Gasteiger charge is 2.49. The van der Waals surface area contributed by atoms with Crippen molar-refractivity contribution >= 4 is 74.3 Å². The molecule has 0 radical (unpaired) electrons. The number of hydrogen-bond donors (Lipinski definition) is 0. The summed E-state index contributed by atoms with van der Waals surface area (Å²) in [6.45, 7) is 24.4. The van der Waals surface area contributed by atoms with E-state index < -0.39 is 0 Å². The van der Waals surface area contributed by atoms with Crippen LogP contribution in [0.5, 0.6) is 0 Å². The number of rotatable bonds is 7. The third kappa shape index (κ3) is 7.53. The van der Waals surface area contributed by atoms with Gasteiger partial charge < -0.3 is 14.7 Å². The van der Waals surface area contributed by atoms with Crippen molar-refractivity contribution in [3.05, 3.63) is 228 Å². The van der Waals surface area contributed by atoms with Crippen molar-refractivity contribution in [3.8, 4) is 22.3 Å². The van der Waals surface area contributed by atoms with Crippen molar-refractivity contribution in [2.45, 2.75) is 110 Å². The van der Waals surface area contributed by atoms with Crippen molar-refractivity contribution in [1.82, 2.24) is 0 Å². The molecular formula is C71H68BN3. The van der Waals surface area contributed by atoms with Gasteiger partial charge in [-0.25, -0.2) is 0 Å². The molecule has 3 nitrogen and oxygen atoms in total. The summed E-state index contributed by atoms with van der Waals surface area (Å²) in [5, 5.41) is 0. The molecule has 4 aliphatic rings. The molecule has 2 aliphatic carbocycles. The Bertz CT molecular complexity index is 3680. The maximum atomic E-state index is 2.73. The predicted molar refractivity (Wildman–Crippen MR) is 321 cm³/mol. The summed E-state index contributed by atoms with van der Waals surface area (Å²) in [4.78, 5) is 7.82.